The molecule has 0 bridgehead atoms. The predicted molar refractivity (Wildman–Crippen MR) is 93.5 cm³/mol. The predicted octanol–water partition coefficient (Wildman–Crippen LogP) is 5.31. The van der Waals surface area contributed by atoms with E-state index in [4.69, 9.17) is 0 Å². The van der Waals surface area contributed by atoms with Gasteiger partial charge in [-0.15, -0.1) is 5.73 Å². The van der Waals surface area contributed by atoms with E-state index >= 15 is 0 Å². The van der Waals surface area contributed by atoms with Crippen molar-refractivity contribution in [2.75, 3.05) is 12.4 Å². The maximum Gasteiger partial charge on any atom is 0.0417 e. The summed E-state index contributed by atoms with van der Waals surface area (Å²) in [5, 5.41) is 3.21. The molecule has 0 amide bonds. The molecular formula is C20H21N. The molecule has 0 spiro atoms. The van der Waals surface area contributed by atoms with Crippen molar-refractivity contribution in [1.29, 1.82) is 0 Å². The van der Waals surface area contributed by atoms with Gasteiger partial charge in [0.25, 0.3) is 0 Å². The summed E-state index contributed by atoms with van der Waals surface area (Å²) < 4.78 is 0. The third kappa shape index (κ3) is 3.75. The molecule has 0 atom stereocenters. The molecule has 1 heteroatoms. The van der Waals surface area contributed by atoms with Crippen LogP contribution in [0.5, 0.6) is 0 Å². The number of aryl methyl sites for hydroxylation is 1. The summed E-state index contributed by atoms with van der Waals surface area (Å²) >= 11 is 0. The van der Waals surface area contributed by atoms with Crippen molar-refractivity contribution in [2.45, 2.75) is 12.8 Å². The van der Waals surface area contributed by atoms with Crippen LogP contribution in [-0.2, 0) is 6.42 Å². The van der Waals surface area contributed by atoms with E-state index in [-0.39, 0.29) is 0 Å². The average Bonchev–Trinajstić information content (AvgIpc) is 2.55. The molecule has 106 valence electrons. The van der Waals surface area contributed by atoms with Crippen molar-refractivity contribution in [3.05, 3.63) is 78.6 Å². The van der Waals surface area contributed by atoms with Crippen molar-refractivity contribution in [1.82, 2.24) is 0 Å². The molecule has 0 unspecified atom stereocenters. The molecule has 1 N–H and O–H groups in total. The SMILES string of the molecule is C=C=CCCc1ccc(-c2ccc(C=C)c(NC)c2)cc1. The van der Waals surface area contributed by atoms with E-state index in [1.807, 2.05) is 19.2 Å². The third-order valence-corrected chi connectivity index (χ3v) is 3.55. The van der Waals surface area contributed by atoms with Crippen LogP contribution in [0.25, 0.3) is 17.2 Å². The van der Waals surface area contributed by atoms with Crippen molar-refractivity contribution in [2.24, 2.45) is 0 Å². The van der Waals surface area contributed by atoms with Crippen molar-refractivity contribution >= 4 is 11.8 Å². The van der Waals surface area contributed by atoms with E-state index in [1.54, 1.807) is 0 Å². The summed E-state index contributed by atoms with van der Waals surface area (Å²) in [7, 11) is 1.93. The molecule has 0 aliphatic rings. The molecule has 0 heterocycles. The first-order valence-electron chi connectivity index (χ1n) is 7.16. The van der Waals surface area contributed by atoms with Crippen molar-refractivity contribution in [3.63, 3.8) is 0 Å². The van der Waals surface area contributed by atoms with Crippen molar-refractivity contribution in [3.8, 4) is 11.1 Å². The molecule has 0 radical (unpaired) electrons. The van der Waals surface area contributed by atoms with Gasteiger partial charge in [-0.1, -0.05) is 55.6 Å². The molecule has 0 saturated heterocycles. The molecule has 0 aromatic heterocycles. The van der Waals surface area contributed by atoms with Crippen LogP contribution < -0.4 is 5.32 Å². The zero-order chi connectivity index (χ0) is 15.1. The molecule has 21 heavy (non-hydrogen) atoms. The normalized spacial score (nSPS) is 9.76. The Morgan fingerprint density at radius 2 is 1.81 bits per heavy atom. The van der Waals surface area contributed by atoms with E-state index in [0.717, 1.165) is 24.1 Å². The number of benzene rings is 2. The lowest BCUT2D eigenvalue weighted by molar-refractivity contribution is 1.00. The van der Waals surface area contributed by atoms with Gasteiger partial charge in [0.2, 0.25) is 0 Å². The third-order valence-electron chi connectivity index (χ3n) is 3.55. The van der Waals surface area contributed by atoms with Crippen molar-refractivity contribution < 1.29 is 0 Å². The number of hydrogen-bond donors (Lipinski definition) is 1. The highest BCUT2D eigenvalue weighted by molar-refractivity contribution is 5.75. The fourth-order valence-corrected chi connectivity index (χ4v) is 2.34. The van der Waals surface area contributed by atoms with E-state index in [9.17, 15) is 0 Å². The highest BCUT2D eigenvalue weighted by Gasteiger charge is 2.02. The van der Waals surface area contributed by atoms with Crippen LogP contribution in [0, 0.1) is 0 Å². The maximum absolute atomic E-state index is 3.84. The highest BCUT2D eigenvalue weighted by atomic mass is 14.8. The van der Waals surface area contributed by atoms with E-state index < -0.39 is 0 Å². The first kappa shape index (κ1) is 14.9. The first-order chi connectivity index (χ1) is 10.3. The zero-order valence-corrected chi connectivity index (χ0v) is 12.5. The summed E-state index contributed by atoms with van der Waals surface area (Å²) in [5.74, 6) is 0. The Bertz CT molecular complexity index is 659. The summed E-state index contributed by atoms with van der Waals surface area (Å²) in [5.41, 5.74) is 8.80. The second kappa shape index (κ2) is 7.33. The summed E-state index contributed by atoms with van der Waals surface area (Å²) in [6, 6.07) is 15.1. The molecular weight excluding hydrogens is 254 g/mol. The van der Waals surface area contributed by atoms with Gasteiger partial charge >= 0.3 is 0 Å². The first-order valence-corrected chi connectivity index (χ1v) is 7.16. The van der Waals surface area contributed by atoms with Crippen LogP contribution in [0.1, 0.15) is 17.5 Å². The molecule has 2 aromatic carbocycles. The lowest BCUT2D eigenvalue weighted by Crippen LogP contribution is -1.92. The summed E-state index contributed by atoms with van der Waals surface area (Å²) in [6.07, 6.45) is 5.85. The minimum atomic E-state index is 0.987. The fraction of sp³-hybridized carbons (Fsp3) is 0.150. The molecule has 0 aliphatic heterocycles. The van der Waals surface area contributed by atoms with Crippen LogP contribution in [0.15, 0.2) is 67.4 Å². The van der Waals surface area contributed by atoms with Gasteiger partial charge in [0.05, 0.1) is 0 Å². The molecule has 0 aliphatic carbocycles. The smallest absolute Gasteiger partial charge is 0.0417 e. The van der Waals surface area contributed by atoms with Gasteiger partial charge in [-0.05, 0) is 47.2 Å². The Balaban J connectivity index is 2.22. The van der Waals surface area contributed by atoms with Crippen LogP contribution in [-0.4, -0.2) is 7.05 Å². The topological polar surface area (TPSA) is 12.0 Å². The minimum absolute atomic E-state index is 0.987. The average molecular weight is 275 g/mol. The lowest BCUT2D eigenvalue weighted by Gasteiger charge is -2.09. The largest absolute Gasteiger partial charge is 0.388 e. The second-order valence-corrected chi connectivity index (χ2v) is 4.90. The van der Waals surface area contributed by atoms with Gasteiger partial charge in [-0.3, -0.25) is 0 Å². The molecule has 1 nitrogen and oxygen atoms in total. The van der Waals surface area contributed by atoms with E-state index in [2.05, 4.69) is 66.7 Å². The number of allylic oxidation sites excluding steroid dienone is 1. The Morgan fingerprint density at radius 3 is 2.43 bits per heavy atom. The monoisotopic (exact) mass is 275 g/mol. The highest BCUT2D eigenvalue weighted by Crippen LogP contribution is 2.26. The van der Waals surface area contributed by atoms with E-state index in [1.165, 1.54) is 16.7 Å². The van der Waals surface area contributed by atoms with Gasteiger partial charge in [0.15, 0.2) is 0 Å². The van der Waals surface area contributed by atoms with E-state index in [0.29, 0.717) is 0 Å². The van der Waals surface area contributed by atoms with Crippen LogP contribution in [0.2, 0.25) is 0 Å². The Morgan fingerprint density at radius 1 is 1.10 bits per heavy atom. The van der Waals surface area contributed by atoms with Gasteiger partial charge in [-0.2, -0.15) is 0 Å². The van der Waals surface area contributed by atoms with Crippen LogP contribution in [0.4, 0.5) is 5.69 Å². The lowest BCUT2D eigenvalue weighted by atomic mass is 10.00. The molecule has 2 rings (SSSR count). The van der Waals surface area contributed by atoms with Crippen LogP contribution >= 0.6 is 0 Å². The number of hydrogen-bond acceptors (Lipinski definition) is 1. The Kier molecular flexibility index (Phi) is 5.20. The number of nitrogens with one attached hydrogen (secondary N) is 1. The fourth-order valence-electron chi connectivity index (χ4n) is 2.34. The van der Waals surface area contributed by atoms with Crippen LogP contribution in [0.3, 0.4) is 0 Å². The maximum atomic E-state index is 3.84. The standard InChI is InChI=1S/C20H21N/c1-4-6-7-8-16-9-11-18(12-10-16)19-14-13-17(5-2)20(15-19)21-3/h5-6,9-15,21H,1-2,7-8H2,3H3. The Labute approximate surface area is 127 Å². The van der Waals surface area contributed by atoms with Gasteiger partial charge < -0.3 is 5.32 Å². The molecule has 0 fully saturated rings. The minimum Gasteiger partial charge on any atom is -0.388 e. The molecule has 0 saturated carbocycles. The summed E-state index contributed by atoms with van der Waals surface area (Å²) in [4.78, 5) is 0. The number of rotatable bonds is 6. The zero-order valence-electron chi connectivity index (χ0n) is 12.5. The quantitative estimate of drug-likeness (QED) is 0.704. The number of anilines is 1. The molecule has 2 aromatic rings. The summed E-state index contributed by atoms with van der Waals surface area (Å²) in [6.45, 7) is 7.42. The van der Waals surface area contributed by atoms with Gasteiger partial charge in [0.1, 0.15) is 0 Å². The second-order valence-electron chi connectivity index (χ2n) is 4.90. The Hall–Kier alpha value is -2.50. The van der Waals surface area contributed by atoms with Gasteiger partial charge in [-0.25, -0.2) is 0 Å². The van der Waals surface area contributed by atoms with Gasteiger partial charge in [0, 0.05) is 12.7 Å².